The fourth-order valence-electron chi connectivity index (χ4n) is 2.36. The molecule has 1 aliphatic carbocycles. The molecule has 0 spiro atoms. The van der Waals surface area contributed by atoms with E-state index in [1.807, 2.05) is 17.5 Å². The molecular formula is C12H14O2S. The number of thiophene rings is 1. The molecule has 1 saturated carbocycles. The first-order valence-corrected chi connectivity index (χ1v) is 6.14. The van der Waals surface area contributed by atoms with E-state index in [0.29, 0.717) is 12.8 Å². The maximum Gasteiger partial charge on any atom is 0.151 e. The van der Waals surface area contributed by atoms with Gasteiger partial charge in [0.15, 0.2) is 5.78 Å². The quantitative estimate of drug-likeness (QED) is 0.721. The van der Waals surface area contributed by atoms with Crippen molar-refractivity contribution in [2.45, 2.75) is 38.0 Å². The first kappa shape index (κ1) is 10.6. The fraction of sp³-hybridized carbons (Fsp3) is 0.500. The first-order chi connectivity index (χ1) is 7.18. The van der Waals surface area contributed by atoms with Crippen LogP contribution in [0.2, 0.25) is 0 Å². The van der Waals surface area contributed by atoms with Crippen LogP contribution in [0.1, 0.15) is 37.5 Å². The lowest BCUT2D eigenvalue weighted by Gasteiger charge is -2.32. The van der Waals surface area contributed by atoms with Crippen molar-refractivity contribution in [3.8, 4) is 0 Å². The third-order valence-electron chi connectivity index (χ3n) is 3.22. The zero-order valence-corrected chi connectivity index (χ0v) is 9.60. The Morgan fingerprint density at radius 1 is 1.47 bits per heavy atom. The number of Topliss-reactive ketones (excluding diaryl/α,β-unsaturated/α-hetero) is 2. The molecule has 1 atom stereocenters. The summed E-state index contributed by atoms with van der Waals surface area (Å²) < 4.78 is 0. The van der Waals surface area contributed by atoms with Crippen molar-refractivity contribution in [3.63, 3.8) is 0 Å². The Labute approximate surface area is 93.3 Å². The highest BCUT2D eigenvalue weighted by Crippen LogP contribution is 2.39. The molecule has 1 fully saturated rings. The summed E-state index contributed by atoms with van der Waals surface area (Å²) in [4.78, 5) is 24.8. The van der Waals surface area contributed by atoms with Crippen LogP contribution in [0.4, 0.5) is 0 Å². The standard InChI is InChI=1S/C12H14O2S/c1-9(13)12(11-6-4-8-15-11)7-3-2-5-10(12)14/h4,6,8H,2-3,5,7H2,1H3/t12-/m1/s1. The van der Waals surface area contributed by atoms with Crippen molar-refractivity contribution >= 4 is 22.9 Å². The van der Waals surface area contributed by atoms with E-state index in [4.69, 9.17) is 0 Å². The molecule has 2 nitrogen and oxygen atoms in total. The third-order valence-corrected chi connectivity index (χ3v) is 4.26. The van der Waals surface area contributed by atoms with Crippen LogP contribution in [0.15, 0.2) is 17.5 Å². The molecular weight excluding hydrogens is 208 g/mol. The lowest BCUT2D eigenvalue weighted by atomic mass is 9.69. The van der Waals surface area contributed by atoms with E-state index in [-0.39, 0.29) is 11.6 Å². The van der Waals surface area contributed by atoms with E-state index < -0.39 is 5.41 Å². The molecule has 0 bridgehead atoms. The highest BCUT2D eigenvalue weighted by molar-refractivity contribution is 7.10. The second kappa shape index (κ2) is 3.89. The van der Waals surface area contributed by atoms with Gasteiger partial charge >= 0.3 is 0 Å². The highest BCUT2D eigenvalue weighted by Gasteiger charge is 2.46. The largest absolute Gasteiger partial charge is 0.298 e. The molecule has 1 aromatic rings. The van der Waals surface area contributed by atoms with Crippen LogP contribution in [-0.2, 0) is 15.0 Å². The van der Waals surface area contributed by atoms with Gasteiger partial charge in [0.1, 0.15) is 11.2 Å². The predicted octanol–water partition coefficient (Wildman–Crippen LogP) is 2.72. The van der Waals surface area contributed by atoms with Crippen molar-refractivity contribution < 1.29 is 9.59 Å². The molecule has 1 heterocycles. The van der Waals surface area contributed by atoms with Gasteiger partial charge in [0.2, 0.25) is 0 Å². The van der Waals surface area contributed by atoms with E-state index in [9.17, 15) is 9.59 Å². The van der Waals surface area contributed by atoms with Gasteiger partial charge in [-0.3, -0.25) is 9.59 Å². The zero-order chi connectivity index (χ0) is 10.9. The summed E-state index contributed by atoms with van der Waals surface area (Å²) in [5, 5.41) is 1.93. The van der Waals surface area contributed by atoms with Gasteiger partial charge in [0.25, 0.3) is 0 Å². The first-order valence-electron chi connectivity index (χ1n) is 5.26. The van der Waals surface area contributed by atoms with Crippen LogP contribution in [0.3, 0.4) is 0 Å². The van der Waals surface area contributed by atoms with Crippen LogP contribution >= 0.6 is 11.3 Å². The molecule has 80 valence electrons. The van der Waals surface area contributed by atoms with Crippen LogP contribution in [0, 0.1) is 0 Å². The van der Waals surface area contributed by atoms with Crippen molar-refractivity contribution in [2.75, 3.05) is 0 Å². The minimum atomic E-state index is -0.799. The van der Waals surface area contributed by atoms with Gasteiger partial charge in [0.05, 0.1) is 0 Å². The summed E-state index contributed by atoms with van der Waals surface area (Å²) >= 11 is 1.52. The van der Waals surface area contributed by atoms with Gasteiger partial charge in [-0.25, -0.2) is 0 Å². The van der Waals surface area contributed by atoms with E-state index in [0.717, 1.165) is 17.7 Å². The smallest absolute Gasteiger partial charge is 0.151 e. The number of carbonyl (C=O) groups excluding carboxylic acids is 2. The molecule has 1 aromatic heterocycles. The molecule has 3 heteroatoms. The van der Waals surface area contributed by atoms with Gasteiger partial charge in [-0.2, -0.15) is 0 Å². The second-order valence-corrected chi connectivity index (χ2v) is 5.02. The van der Waals surface area contributed by atoms with Crippen LogP contribution < -0.4 is 0 Å². The summed E-state index contributed by atoms with van der Waals surface area (Å²) in [5.41, 5.74) is -0.799. The van der Waals surface area contributed by atoms with Gasteiger partial charge in [-0.1, -0.05) is 12.5 Å². The minimum Gasteiger partial charge on any atom is -0.298 e. The lowest BCUT2D eigenvalue weighted by Crippen LogP contribution is -2.44. The average Bonchev–Trinajstić information content (AvgIpc) is 2.71. The molecule has 0 unspecified atom stereocenters. The van der Waals surface area contributed by atoms with Gasteiger partial charge < -0.3 is 0 Å². The Kier molecular flexibility index (Phi) is 2.74. The monoisotopic (exact) mass is 222 g/mol. The number of carbonyl (C=O) groups is 2. The van der Waals surface area contributed by atoms with E-state index in [1.54, 1.807) is 6.92 Å². The summed E-state index contributed by atoms with van der Waals surface area (Å²) in [7, 11) is 0. The Morgan fingerprint density at radius 2 is 2.27 bits per heavy atom. The predicted molar refractivity (Wildman–Crippen MR) is 60.2 cm³/mol. The molecule has 0 aromatic carbocycles. The minimum absolute atomic E-state index is 0.00894. The molecule has 0 saturated heterocycles. The lowest BCUT2D eigenvalue weighted by molar-refractivity contribution is -0.135. The van der Waals surface area contributed by atoms with E-state index >= 15 is 0 Å². The number of ketones is 2. The van der Waals surface area contributed by atoms with Crippen molar-refractivity contribution in [2.24, 2.45) is 0 Å². The summed E-state index contributed by atoms with van der Waals surface area (Å²) in [6, 6.07) is 3.82. The molecule has 0 amide bonds. The Bertz CT molecular complexity index is 380. The number of rotatable bonds is 2. The second-order valence-electron chi connectivity index (χ2n) is 4.07. The maximum absolute atomic E-state index is 12.0. The fourth-order valence-corrected chi connectivity index (χ4v) is 3.38. The van der Waals surface area contributed by atoms with Crippen molar-refractivity contribution in [1.29, 1.82) is 0 Å². The Hall–Kier alpha value is -0.960. The maximum atomic E-state index is 12.0. The Morgan fingerprint density at radius 3 is 2.80 bits per heavy atom. The van der Waals surface area contributed by atoms with Crippen molar-refractivity contribution in [3.05, 3.63) is 22.4 Å². The molecule has 0 radical (unpaired) electrons. The summed E-state index contributed by atoms with van der Waals surface area (Å²) in [5.74, 6) is 0.123. The highest BCUT2D eigenvalue weighted by atomic mass is 32.1. The third kappa shape index (κ3) is 1.55. The number of hydrogen-bond acceptors (Lipinski definition) is 3. The average molecular weight is 222 g/mol. The molecule has 0 N–H and O–H groups in total. The van der Waals surface area contributed by atoms with Crippen LogP contribution in [-0.4, -0.2) is 11.6 Å². The van der Waals surface area contributed by atoms with E-state index in [1.165, 1.54) is 11.3 Å². The van der Waals surface area contributed by atoms with E-state index in [2.05, 4.69) is 0 Å². The zero-order valence-electron chi connectivity index (χ0n) is 8.79. The van der Waals surface area contributed by atoms with Gasteiger partial charge in [-0.05, 0) is 31.2 Å². The topological polar surface area (TPSA) is 34.1 Å². The normalized spacial score (nSPS) is 26.6. The van der Waals surface area contributed by atoms with Gasteiger partial charge in [-0.15, -0.1) is 11.3 Å². The van der Waals surface area contributed by atoms with Crippen molar-refractivity contribution in [1.82, 2.24) is 0 Å². The SMILES string of the molecule is CC(=O)[C@]1(c2cccs2)CCCCC1=O. The molecule has 2 rings (SSSR count). The Balaban J connectivity index is 2.48. The molecule has 0 aliphatic heterocycles. The van der Waals surface area contributed by atoms with Gasteiger partial charge in [0, 0.05) is 11.3 Å². The molecule has 15 heavy (non-hydrogen) atoms. The molecule has 1 aliphatic rings. The summed E-state index contributed by atoms with van der Waals surface area (Å²) in [6.45, 7) is 1.54. The van der Waals surface area contributed by atoms with Crippen LogP contribution in [0.25, 0.3) is 0 Å². The summed E-state index contributed by atoms with van der Waals surface area (Å²) in [6.07, 6.45) is 3.15. The van der Waals surface area contributed by atoms with Crippen LogP contribution in [0.5, 0.6) is 0 Å². The number of hydrogen-bond donors (Lipinski definition) is 0.